The van der Waals surface area contributed by atoms with Crippen LogP contribution in [0.3, 0.4) is 0 Å². The van der Waals surface area contributed by atoms with Gasteiger partial charge < -0.3 is 14.6 Å². The molecule has 0 atom stereocenters. The number of aromatic nitrogens is 3. The van der Waals surface area contributed by atoms with Crippen molar-refractivity contribution in [1.29, 1.82) is 0 Å². The normalized spacial score (nSPS) is 14.1. The van der Waals surface area contributed by atoms with E-state index in [1.165, 1.54) is 13.1 Å². The fourth-order valence-electron chi connectivity index (χ4n) is 7.28. The van der Waals surface area contributed by atoms with Gasteiger partial charge in [-0.3, -0.25) is 23.2 Å². The van der Waals surface area contributed by atoms with Crippen molar-refractivity contribution in [2.45, 2.75) is 20.4 Å². The molecule has 0 spiro atoms. The Morgan fingerprint density at radius 1 is 0.944 bits per heavy atom. The zero-order valence-corrected chi connectivity index (χ0v) is 31.3. The minimum absolute atomic E-state index is 0.0454. The van der Waals surface area contributed by atoms with E-state index in [1.54, 1.807) is 44.3 Å². The van der Waals surface area contributed by atoms with Gasteiger partial charge in [0.25, 0.3) is 5.91 Å². The zero-order valence-electron chi connectivity index (χ0n) is 30.5. The maximum atomic E-state index is 15.4. The molecule has 5 heterocycles. The highest BCUT2D eigenvalue weighted by atomic mass is 32.2. The monoisotopic (exact) mass is 747 g/mol. The summed E-state index contributed by atoms with van der Waals surface area (Å²) in [4.78, 5) is 39.6. The molecule has 4 aromatic heterocycles. The van der Waals surface area contributed by atoms with Gasteiger partial charge in [-0.25, -0.2) is 22.8 Å². The zero-order chi connectivity index (χ0) is 38.1. The summed E-state index contributed by atoms with van der Waals surface area (Å²) in [5.74, 6) is 0.345. The summed E-state index contributed by atoms with van der Waals surface area (Å²) in [5, 5.41) is 3.61. The average molecular weight is 748 g/mol. The van der Waals surface area contributed by atoms with Crippen molar-refractivity contribution in [3.63, 3.8) is 0 Å². The van der Waals surface area contributed by atoms with Gasteiger partial charge >= 0.3 is 0 Å². The third-order valence-corrected chi connectivity index (χ3v) is 11.5. The number of rotatable bonds is 7. The van der Waals surface area contributed by atoms with Crippen LogP contribution in [0.4, 0.5) is 10.1 Å². The number of fused-ring (bicyclic) bond motifs is 6. The van der Waals surface area contributed by atoms with E-state index in [0.29, 0.717) is 111 Å². The highest BCUT2D eigenvalue weighted by Gasteiger charge is 2.27. The SMILES string of the molecule is CNC(=O)c1c(-c2ccc(C)cc2)oc2cc(N(C)S(C)(=O)=O)c(-c3ccc4nc(CN5CCN(C(C)=O)CC5)n5c6cccc(F)c6cc5c4n3)cc12. The number of nitrogens with zero attached hydrogens (tertiary/aromatic N) is 6. The molecule has 1 fully saturated rings. The van der Waals surface area contributed by atoms with Gasteiger partial charge in [-0.2, -0.15) is 0 Å². The largest absolute Gasteiger partial charge is 0.455 e. The van der Waals surface area contributed by atoms with E-state index in [4.69, 9.17) is 14.4 Å². The summed E-state index contributed by atoms with van der Waals surface area (Å²) in [7, 11) is -0.767. The molecule has 8 rings (SSSR count). The van der Waals surface area contributed by atoms with Crippen LogP contribution in [0.5, 0.6) is 0 Å². The number of hydrogen-bond donors (Lipinski definition) is 1. The number of sulfonamides is 1. The molecule has 0 bridgehead atoms. The van der Waals surface area contributed by atoms with Gasteiger partial charge in [0.15, 0.2) is 0 Å². The Labute approximate surface area is 310 Å². The third kappa shape index (κ3) is 6.00. The number of benzene rings is 3. The van der Waals surface area contributed by atoms with Crippen LogP contribution < -0.4 is 9.62 Å². The Bertz CT molecular complexity index is 2770. The molecular weight excluding hydrogens is 710 g/mol. The molecule has 0 radical (unpaired) electrons. The van der Waals surface area contributed by atoms with Gasteiger partial charge in [0.05, 0.1) is 46.3 Å². The minimum Gasteiger partial charge on any atom is -0.455 e. The van der Waals surface area contributed by atoms with Crippen molar-refractivity contribution in [3.05, 3.63) is 95.6 Å². The highest BCUT2D eigenvalue weighted by molar-refractivity contribution is 7.92. The van der Waals surface area contributed by atoms with Crippen molar-refractivity contribution in [2.75, 3.05) is 50.8 Å². The topological polar surface area (TPSA) is 133 Å². The van der Waals surface area contributed by atoms with Crippen LogP contribution in [-0.4, -0.2) is 90.9 Å². The van der Waals surface area contributed by atoms with Crippen molar-refractivity contribution in [2.24, 2.45) is 0 Å². The van der Waals surface area contributed by atoms with E-state index >= 15 is 4.39 Å². The van der Waals surface area contributed by atoms with Gasteiger partial charge in [-0.05, 0) is 43.3 Å². The Morgan fingerprint density at radius 2 is 1.69 bits per heavy atom. The molecule has 3 aromatic carbocycles. The van der Waals surface area contributed by atoms with E-state index in [2.05, 4.69) is 10.2 Å². The first-order valence-electron chi connectivity index (χ1n) is 17.5. The fraction of sp³-hybridized carbons (Fsp3) is 0.250. The average Bonchev–Trinajstić information content (AvgIpc) is 3.74. The lowest BCUT2D eigenvalue weighted by molar-refractivity contribution is -0.130. The van der Waals surface area contributed by atoms with Crippen LogP contribution in [0.15, 0.2) is 77.2 Å². The molecular formula is C40H38FN7O5S. The molecule has 276 valence electrons. The van der Waals surface area contributed by atoms with Crippen LogP contribution in [0.2, 0.25) is 0 Å². The van der Waals surface area contributed by atoms with E-state index in [1.807, 2.05) is 52.6 Å². The first-order chi connectivity index (χ1) is 25.8. The number of furan rings is 1. The molecule has 7 aromatic rings. The number of halogens is 1. The second-order valence-electron chi connectivity index (χ2n) is 13.8. The maximum absolute atomic E-state index is 15.4. The van der Waals surface area contributed by atoms with E-state index in [0.717, 1.165) is 16.1 Å². The molecule has 1 saturated heterocycles. The molecule has 54 heavy (non-hydrogen) atoms. The molecule has 12 nitrogen and oxygen atoms in total. The number of carbonyl (C=O) groups is 2. The number of pyridine rings is 1. The predicted molar refractivity (Wildman–Crippen MR) is 208 cm³/mol. The summed E-state index contributed by atoms with van der Waals surface area (Å²) in [6.45, 7) is 6.56. The van der Waals surface area contributed by atoms with Crippen LogP contribution in [0.1, 0.15) is 28.7 Å². The summed E-state index contributed by atoms with van der Waals surface area (Å²) in [6.07, 6.45) is 1.11. The van der Waals surface area contributed by atoms with Gasteiger partial charge in [0, 0.05) is 75.2 Å². The number of nitrogens with one attached hydrogen (secondary N) is 1. The molecule has 0 unspecified atom stereocenters. The van der Waals surface area contributed by atoms with Crippen LogP contribution in [0.25, 0.3) is 61.0 Å². The molecule has 14 heteroatoms. The Morgan fingerprint density at radius 3 is 2.37 bits per heavy atom. The second-order valence-corrected chi connectivity index (χ2v) is 15.8. The second kappa shape index (κ2) is 13.2. The van der Waals surface area contributed by atoms with Gasteiger partial charge in [-0.1, -0.05) is 35.9 Å². The Kier molecular flexibility index (Phi) is 8.61. The number of piperazine rings is 1. The first kappa shape index (κ1) is 35.2. The molecule has 0 aliphatic carbocycles. The van der Waals surface area contributed by atoms with Crippen molar-refractivity contribution < 1.29 is 26.8 Å². The lowest BCUT2D eigenvalue weighted by Crippen LogP contribution is -2.47. The van der Waals surface area contributed by atoms with E-state index in [-0.39, 0.29) is 17.6 Å². The molecule has 1 aliphatic rings. The number of hydrogen-bond acceptors (Lipinski definition) is 8. The summed E-state index contributed by atoms with van der Waals surface area (Å²) >= 11 is 0. The third-order valence-electron chi connectivity index (χ3n) is 10.3. The Hall–Kier alpha value is -5.86. The summed E-state index contributed by atoms with van der Waals surface area (Å²) in [5.41, 5.74) is 5.84. The number of anilines is 1. The molecule has 0 saturated carbocycles. The smallest absolute Gasteiger partial charge is 0.255 e. The quantitative estimate of drug-likeness (QED) is 0.211. The standard InChI is InChI=1S/C40H38FN7O5S/c1-23-9-11-25(12-10-23)39-37(40(50)42-3)28-19-27(33(21-35(28)53-39)45(4)54(5,51)52)30-13-14-31-38(44-30)34-20-26-29(41)7-6-8-32(26)48(34)36(43-31)22-46-15-17-47(18-16-46)24(2)49/h6-14,19-21H,15-18,22H2,1-5H3,(H,42,50). The fourth-order valence-corrected chi connectivity index (χ4v) is 7.79. The summed E-state index contributed by atoms with van der Waals surface area (Å²) in [6, 6.07) is 21.2. The lowest BCUT2D eigenvalue weighted by atomic mass is 10.00. The Balaban J connectivity index is 1.35. The van der Waals surface area contributed by atoms with Crippen molar-refractivity contribution in [1.82, 2.24) is 29.5 Å². The molecule has 2 amide bonds. The van der Waals surface area contributed by atoms with Gasteiger partial charge in [0.2, 0.25) is 15.9 Å². The van der Waals surface area contributed by atoms with Crippen molar-refractivity contribution in [3.8, 4) is 22.6 Å². The maximum Gasteiger partial charge on any atom is 0.255 e. The minimum atomic E-state index is -3.76. The number of carbonyl (C=O) groups excluding carboxylic acids is 2. The predicted octanol–water partition coefficient (Wildman–Crippen LogP) is 5.98. The number of aryl methyl sites for hydroxylation is 1. The number of amides is 2. The van der Waals surface area contributed by atoms with E-state index < -0.39 is 10.0 Å². The van der Waals surface area contributed by atoms with Crippen LogP contribution >= 0.6 is 0 Å². The summed E-state index contributed by atoms with van der Waals surface area (Å²) < 4.78 is 50.8. The van der Waals surface area contributed by atoms with Gasteiger partial charge in [0.1, 0.15) is 28.5 Å². The van der Waals surface area contributed by atoms with Crippen LogP contribution in [-0.2, 0) is 21.4 Å². The van der Waals surface area contributed by atoms with Crippen molar-refractivity contribution >= 4 is 65.9 Å². The highest BCUT2D eigenvalue weighted by Crippen LogP contribution is 2.41. The van der Waals surface area contributed by atoms with E-state index in [9.17, 15) is 18.0 Å². The molecule has 1 N–H and O–H groups in total. The van der Waals surface area contributed by atoms with Gasteiger partial charge in [-0.15, -0.1) is 0 Å². The molecule has 1 aliphatic heterocycles. The lowest BCUT2D eigenvalue weighted by Gasteiger charge is -2.34. The van der Waals surface area contributed by atoms with Crippen LogP contribution in [0, 0.1) is 12.7 Å². The first-order valence-corrected chi connectivity index (χ1v) is 19.4.